The van der Waals surface area contributed by atoms with E-state index >= 15 is 0 Å². The molecular weight excluding hydrogens is 254 g/mol. The average Bonchev–Trinajstić information content (AvgIpc) is 3.10. The van der Waals surface area contributed by atoms with Crippen LogP contribution < -0.4 is 4.72 Å². The molecule has 1 aromatic rings. The summed E-state index contributed by atoms with van der Waals surface area (Å²) in [4.78, 5) is 10.7. The highest BCUT2D eigenvalue weighted by Gasteiger charge is 2.24. The third kappa shape index (κ3) is 3.54. The largest absolute Gasteiger partial charge is 0.481 e. The predicted molar refractivity (Wildman–Crippen MR) is 65.7 cm³/mol. The highest BCUT2D eigenvalue weighted by atomic mass is 32.2. The number of hydrogen-bond donors (Lipinski definition) is 2. The molecule has 0 radical (unpaired) electrons. The lowest BCUT2D eigenvalue weighted by Gasteiger charge is -2.07. The lowest BCUT2D eigenvalue weighted by atomic mass is 10.2. The van der Waals surface area contributed by atoms with Crippen LogP contribution >= 0.6 is 0 Å². The SMILES string of the molecule is O=C(O)Cc1cccc(S(=O)(=O)NCC2CC2)c1. The lowest BCUT2D eigenvalue weighted by molar-refractivity contribution is -0.136. The number of carboxylic acid groups (broad SMARTS) is 1. The van der Waals surface area contributed by atoms with E-state index in [0.717, 1.165) is 12.8 Å². The number of benzene rings is 1. The molecular formula is C12H15NO4S. The molecule has 0 spiro atoms. The van der Waals surface area contributed by atoms with Gasteiger partial charge in [-0.2, -0.15) is 0 Å². The summed E-state index contributed by atoms with van der Waals surface area (Å²) < 4.78 is 26.4. The molecule has 1 aromatic carbocycles. The summed E-state index contributed by atoms with van der Waals surface area (Å²) in [6.07, 6.45) is 1.97. The molecule has 2 N–H and O–H groups in total. The third-order valence-electron chi connectivity index (χ3n) is 2.82. The Kier molecular flexibility index (Phi) is 3.68. The highest BCUT2D eigenvalue weighted by molar-refractivity contribution is 7.89. The van der Waals surface area contributed by atoms with E-state index in [0.29, 0.717) is 18.0 Å². The van der Waals surface area contributed by atoms with Crippen LogP contribution in [-0.2, 0) is 21.2 Å². The lowest BCUT2D eigenvalue weighted by Crippen LogP contribution is -2.25. The van der Waals surface area contributed by atoms with Crippen molar-refractivity contribution in [3.63, 3.8) is 0 Å². The summed E-state index contributed by atoms with van der Waals surface area (Å²) in [6.45, 7) is 0.464. The highest BCUT2D eigenvalue weighted by Crippen LogP contribution is 2.28. The zero-order chi connectivity index (χ0) is 13.2. The van der Waals surface area contributed by atoms with Crippen LogP contribution in [0.1, 0.15) is 18.4 Å². The Hall–Kier alpha value is -1.40. The van der Waals surface area contributed by atoms with Crippen molar-refractivity contribution in [2.45, 2.75) is 24.2 Å². The summed E-state index contributed by atoms with van der Waals surface area (Å²) in [7, 11) is -3.52. The number of carboxylic acids is 1. The van der Waals surface area contributed by atoms with Gasteiger partial charge in [-0.05, 0) is 36.5 Å². The van der Waals surface area contributed by atoms with Gasteiger partial charge in [0, 0.05) is 6.54 Å². The van der Waals surface area contributed by atoms with Gasteiger partial charge in [-0.25, -0.2) is 13.1 Å². The van der Waals surface area contributed by atoms with Crippen LogP contribution in [0.3, 0.4) is 0 Å². The number of sulfonamides is 1. The average molecular weight is 269 g/mol. The molecule has 18 heavy (non-hydrogen) atoms. The van der Waals surface area contributed by atoms with Crippen molar-refractivity contribution < 1.29 is 18.3 Å². The monoisotopic (exact) mass is 269 g/mol. The first kappa shape index (κ1) is 13.0. The number of carbonyl (C=O) groups is 1. The summed E-state index contributed by atoms with van der Waals surface area (Å²) in [5, 5.41) is 8.68. The number of hydrogen-bond acceptors (Lipinski definition) is 3. The first-order chi connectivity index (χ1) is 8.47. The molecule has 1 saturated carbocycles. The van der Waals surface area contributed by atoms with Crippen LogP contribution in [0, 0.1) is 5.92 Å². The van der Waals surface area contributed by atoms with Gasteiger partial charge in [0.2, 0.25) is 10.0 Å². The van der Waals surface area contributed by atoms with Gasteiger partial charge in [0.25, 0.3) is 0 Å². The molecule has 98 valence electrons. The topological polar surface area (TPSA) is 83.5 Å². The number of nitrogens with one attached hydrogen (secondary N) is 1. The Bertz CT molecular complexity index is 549. The van der Waals surface area contributed by atoms with Gasteiger partial charge in [0.1, 0.15) is 0 Å². The maximum Gasteiger partial charge on any atom is 0.307 e. The van der Waals surface area contributed by atoms with Gasteiger partial charge in [-0.15, -0.1) is 0 Å². The van der Waals surface area contributed by atoms with E-state index < -0.39 is 16.0 Å². The summed E-state index contributed by atoms with van der Waals surface area (Å²) in [5.74, 6) is -0.516. The summed E-state index contributed by atoms with van der Waals surface area (Å²) in [5.41, 5.74) is 0.483. The molecule has 0 atom stereocenters. The zero-order valence-electron chi connectivity index (χ0n) is 9.80. The van der Waals surface area contributed by atoms with Crippen molar-refractivity contribution >= 4 is 16.0 Å². The Labute approximate surface area is 106 Å². The minimum absolute atomic E-state index is 0.127. The fourth-order valence-corrected chi connectivity index (χ4v) is 2.82. The van der Waals surface area contributed by atoms with Crippen LogP contribution in [0.15, 0.2) is 29.2 Å². The van der Waals surface area contributed by atoms with Crippen LogP contribution in [-0.4, -0.2) is 26.0 Å². The molecule has 2 rings (SSSR count). The number of rotatable bonds is 6. The maximum atomic E-state index is 11.9. The van der Waals surface area contributed by atoms with Crippen LogP contribution in [0.4, 0.5) is 0 Å². The predicted octanol–water partition coefficient (Wildman–Crippen LogP) is 1.00. The molecule has 0 saturated heterocycles. The van der Waals surface area contributed by atoms with Crippen molar-refractivity contribution in [3.05, 3.63) is 29.8 Å². The van der Waals surface area contributed by atoms with E-state index in [9.17, 15) is 13.2 Å². The second kappa shape index (κ2) is 5.07. The molecule has 0 aromatic heterocycles. The van der Waals surface area contributed by atoms with E-state index in [1.165, 1.54) is 12.1 Å². The van der Waals surface area contributed by atoms with E-state index in [4.69, 9.17) is 5.11 Å². The summed E-state index contributed by atoms with van der Waals surface area (Å²) >= 11 is 0. The van der Waals surface area contributed by atoms with E-state index in [-0.39, 0.29) is 11.3 Å². The van der Waals surface area contributed by atoms with Crippen molar-refractivity contribution in [1.82, 2.24) is 4.72 Å². The van der Waals surface area contributed by atoms with Crippen LogP contribution in [0.25, 0.3) is 0 Å². The minimum atomic E-state index is -3.52. The molecule has 0 aliphatic heterocycles. The quantitative estimate of drug-likeness (QED) is 0.807. The van der Waals surface area contributed by atoms with Gasteiger partial charge in [-0.3, -0.25) is 4.79 Å². The molecule has 0 bridgehead atoms. The molecule has 1 fully saturated rings. The van der Waals surface area contributed by atoms with E-state index in [1.807, 2.05) is 0 Å². The fraction of sp³-hybridized carbons (Fsp3) is 0.417. The normalized spacial score (nSPS) is 15.6. The molecule has 0 unspecified atom stereocenters. The smallest absolute Gasteiger partial charge is 0.307 e. The van der Waals surface area contributed by atoms with Crippen LogP contribution in [0.2, 0.25) is 0 Å². The Morgan fingerprint density at radius 1 is 1.39 bits per heavy atom. The van der Waals surface area contributed by atoms with Crippen LogP contribution in [0.5, 0.6) is 0 Å². The second-order valence-electron chi connectivity index (χ2n) is 4.51. The Morgan fingerprint density at radius 3 is 2.72 bits per heavy atom. The first-order valence-electron chi connectivity index (χ1n) is 5.78. The second-order valence-corrected chi connectivity index (χ2v) is 6.28. The Morgan fingerprint density at radius 2 is 2.11 bits per heavy atom. The van der Waals surface area contributed by atoms with Crippen molar-refractivity contribution in [2.24, 2.45) is 5.92 Å². The maximum absolute atomic E-state index is 11.9. The standard InChI is InChI=1S/C12H15NO4S/c14-12(15)7-10-2-1-3-11(6-10)18(16,17)13-8-9-4-5-9/h1-3,6,9,13H,4-5,7-8H2,(H,14,15). The van der Waals surface area contributed by atoms with Crippen molar-refractivity contribution in [2.75, 3.05) is 6.54 Å². The fourth-order valence-electron chi connectivity index (χ4n) is 1.63. The van der Waals surface area contributed by atoms with Gasteiger partial charge >= 0.3 is 5.97 Å². The van der Waals surface area contributed by atoms with Gasteiger partial charge in [0.05, 0.1) is 11.3 Å². The van der Waals surface area contributed by atoms with Gasteiger partial charge < -0.3 is 5.11 Å². The van der Waals surface area contributed by atoms with Gasteiger partial charge in [-0.1, -0.05) is 12.1 Å². The summed E-state index contributed by atoms with van der Waals surface area (Å²) in [6, 6.07) is 6.04. The number of aliphatic carboxylic acids is 1. The van der Waals surface area contributed by atoms with Gasteiger partial charge in [0.15, 0.2) is 0 Å². The molecule has 1 aliphatic rings. The molecule has 0 heterocycles. The molecule has 5 nitrogen and oxygen atoms in total. The molecule has 1 aliphatic carbocycles. The third-order valence-corrected chi connectivity index (χ3v) is 4.24. The minimum Gasteiger partial charge on any atom is -0.481 e. The molecule has 6 heteroatoms. The van der Waals surface area contributed by atoms with E-state index in [1.54, 1.807) is 12.1 Å². The zero-order valence-corrected chi connectivity index (χ0v) is 10.6. The van der Waals surface area contributed by atoms with E-state index in [2.05, 4.69) is 4.72 Å². The molecule has 0 amide bonds. The van der Waals surface area contributed by atoms with Crippen molar-refractivity contribution in [3.8, 4) is 0 Å². The van der Waals surface area contributed by atoms with Crippen molar-refractivity contribution in [1.29, 1.82) is 0 Å². The first-order valence-corrected chi connectivity index (χ1v) is 7.26. The Balaban J connectivity index is 2.12.